The summed E-state index contributed by atoms with van der Waals surface area (Å²) in [6, 6.07) is 9.24. The Bertz CT molecular complexity index is 596. The van der Waals surface area contributed by atoms with Gasteiger partial charge in [-0.15, -0.1) is 11.3 Å². The Morgan fingerprint density at radius 2 is 2.17 bits per heavy atom. The summed E-state index contributed by atoms with van der Waals surface area (Å²) in [5.74, 6) is -0.296. The number of benzene rings is 1. The van der Waals surface area contributed by atoms with Crippen LogP contribution in [0.2, 0.25) is 0 Å². The van der Waals surface area contributed by atoms with Crippen molar-refractivity contribution in [1.29, 1.82) is 5.26 Å². The van der Waals surface area contributed by atoms with Crippen molar-refractivity contribution in [2.24, 2.45) is 0 Å². The molecule has 0 bridgehead atoms. The van der Waals surface area contributed by atoms with Gasteiger partial charge in [-0.2, -0.15) is 5.26 Å². The predicted molar refractivity (Wildman–Crippen MR) is 68.0 cm³/mol. The van der Waals surface area contributed by atoms with Crippen molar-refractivity contribution in [2.45, 2.75) is 6.42 Å². The molecule has 0 fully saturated rings. The largest absolute Gasteiger partial charge is 0.469 e. The maximum Gasteiger partial charge on any atom is 0.312 e. The molecular weight excluding hydrogens is 248 g/mol. The second kappa shape index (κ2) is 5.43. The Hall–Kier alpha value is -2.19. The number of nitriles is 1. The summed E-state index contributed by atoms with van der Waals surface area (Å²) in [6.07, 6.45) is 0.192. The molecule has 0 spiro atoms. The summed E-state index contributed by atoms with van der Waals surface area (Å²) in [7, 11) is 1.36. The number of nitrogens with zero attached hydrogens (tertiary/aromatic N) is 2. The molecule has 0 aliphatic heterocycles. The number of carbonyl (C=O) groups is 1. The second-order valence-corrected chi connectivity index (χ2v) is 4.51. The third kappa shape index (κ3) is 2.73. The van der Waals surface area contributed by atoms with E-state index < -0.39 is 0 Å². The second-order valence-electron chi connectivity index (χ2n) is 3.57. The number of hydrogen-bond donors (Lipinski definition) is 0. The lowest BCUT2D eigenvalue weighted by molar-refractivity contribution is -0.139. The van der Waals surface area contributed by atoms with E-state index in [9.17, 15) is 4.79 Å². The maximum absolute atomic E-state index is 11.1. The highest BCUT2D eigenvalue weighted by atomic mass is 32.1. The van der Waals surface area contributed by atoms with E-state index >= 15 is 0 Å². The van der Waals surface area contributed by atoms with Gasteiger partial charge in [0, 0.05) is 10.9 Å². The van der Waals surface area contributed by atoms with Crippen LogP contribution in [0.3, 0.4) is 0 Å². The van der Waals surface area contributed by atoms with Gasteiger partial charge in [0.1, 0.15) is 5.01 Å². The molecule has 4 nitrogen and oxygen atoms in total. The summed E-state index contributed by atoms with van der Waals surface area (Å²) in [6.45, 7) is 0. The fraction of sp³-hybridized carbons (Fsp3) is 0.154. The molecule has 0 unspecified atom stereocenters. The summed E-state index contributed by atoms with van der Waals surface area (Å²) in [5, 5.41) is 11.3. The molecule has 0 aliphatic carbocycles. The van der Waals surface area contributed by atoms with Crippen molar-refractivity contribution in [3.05, 3.63) is 40.2 Å². The van der Waals surface area contributed by atoms with Crippen molar-refractivity contribution in [1.82, 2.24) is 4.98 Å². The van der Waals surface area contributed by atoms with E-state index in [0.29, 0.717) is 5.56 Å². The van der Waals surface area contributed by atoms with Crippen molar-refractivity contribution in [2.75, 3.05) is 7.11 Å². The number of esters is 1. The number of hydrogen-bond acceptors (Lipinski definition) is 5. The lowest BCUT2D eigenvalue weighted by atomic mass is 10.1. The molecule has 1 aromatic carbocycles. The number of ether oxygens (including phenoxy) is 1. The zero-order chi connectivity index (χ0) is 13.0. The van der Waals surface area contributed by atoms with Gasteiger partial charge in [-0.25, -0.2) is 4.98 Å². The molecule has 90 valence electrons. The van der Waals surface area contributed by atoms with Crippen LogP contribution in [0.25, 0.3) is 11.3 Å². The topological polar surface area (TPSA) is 63.0 Å². The first-order valence-corrected chi connectivity index (χ1v) is 6.12. The summed E-state index contributed by atoms with van der Waals surface area (Å²) in [4.78, 5) is 15.5. The molecule has 5 heteroatoms. The number of carbonyl (C=O) groups excluding carboxylic acids is 1. The fourth-order valence-corrected chi connectivity index (χ4v) is 2.22. The van der Waals surface area contributed by atoms with Crippen LogP contribution in [0.1, 0.15) is 10.6 Å². The van der Waals surface area contributed by atoms with E-state index in [1.165, 1.54) is 18.4 Å². The van der Waals surface area contributed by atoms with Crippen LogP contribution < -0.4 is 0 Å². The van der Waals surface area contributed by atoms with Gasteiger partial charge in [0.25, 0.3) is 0 Å². The van der Waals surface area contributed by atoms with Crippen LogP contribution in [0.4, 0.5) is 0 Å². The first-order chi connectivity index (χ1) is 8.72. The minimum Gasteiger partial charge on any atom is -0.469 e. The van der Waals surface area contributed by atoms with Crippen LogP contribution >= 0.6 is 11.3 Å². The first kappa shape index (κ1) is 12.3. The molecule has 0 aliphatic rings. The zero-order valence-corrected chi connectivity index (χ0v) is 10.5. The molecule has 1 aromatic heterocycles. The minimum atomic E-state index is -0.296. The van der Waals surface area contributed by atoms with E-state index in [0.717, 1.165) is 16.3 Å². The zero-order valence-electron chi connectivity index (χ0n) is 9.71. The van der Waals surface area contributed by atoms with Gasteiger partial charge >= 0.3 is 5.97 Å². The van der Waals surface area contributed by atoms with Gasteiger partial charge < -0.3 is 4.74 Å². The Morgan fingerprint density at radius 3 is 2.78 bits per heavy atom. The van der Waals surface area contributed by atoms with E-state index in [1.54, 1.807) is 12.1 Å². The SMILES string of the molecule is COC(=O)Cc1nc(-c2ccc(C#N)cc2)cs1. The first-order valence-electron chi connectivity index (χ1n) is 5.24. The normalized spacial score (nSPS) is 9.78. The highest BCUT2D eigenvalue weighted by Gasteiger charge is 2.09. The van der Waals surface area contributed by atoms with Crippen LogP contribution in [0, 0.1) is 11.3 Å². The van der Waals surface area contributed by atoms with Crippen molar-refractivity contribution >= 4 is 17.3 Å². The smallest absolute Gasteiger partial charge is 0.312 e. The van der Waals surface area contributed by atoms with Gasteiger partial charge in [-0.1, -0.05) is 12.1 Å². The van der Waals surface area contributed by atoms with Gasteiger partial charge in [0.2, 0.25) is 0 Å². The van der Waals surface area contributed by atoms with Crippen LogP contribution in [0.15, 0.2) is 29.6 Å². The van der Waals surface area contributed by atoms with E-state index in [2.05, 4.69) is 15.8 Å². The third-order valence-corrected chi connectivity index (χ3v) is 3.23. The lowest BCUT2D eigenvalue weighted by Gasteiger charge is -1.96. The van der Waals surface area contributed by atoms with Crippen molar-refractivity contribution in [3.63, 3.8) is 0 Å². The van der Waals surface area contributed by atoms with E-state index in [-0.39, 0.29) is 12.4 Å². The van der Waals surface area contributed by atoms with Crippen molar-refractivity contribution < 1.29 is 9.53 Å². The molecule has 18 heavy (non-hydrogen) atoms. The maximum atomic E-state index is 11.1. The number of rotatable bonds is 3. The number of aromatic nitrogens is 1. The Labute approximate surface area is 108 Å². The molecule has 1 heterocycles. The fourth-order valence-electron chi connectivity index (χ4n) is 1.44. The summed E-state index contributed by atoms with van der Waals surface area (Å²) >= 11 is 1.42. The summed E-state index contributed by atoms with van der Waals surface area (Å²) < 4.78 is 4.59. The Balaban J connectivity index is 2.18. The van der Waals surface area contributed by atoms with Crippen LogP contribution in [-0.2, 0) is 16.0 Å². The van der Waals surface area contributed by atoms with E-state index in [4.69, 9.17) is 5.26 Å². The number of thiazole rings is 1. The molecular formula is C13H10N2O2S. The molecule has 0 saturated heterocycles. The highest BCUT2D eigenvalue weighted by Crippen LogP contribution is 2.22. The highest BCUT2D eigenvalue weighted by molar-refractivity contribution is 7.10. The van der Waals surface area contributed by atoms with Crippen LogP contribution in [-0.4, -0.2) is 18.1 Å². The lowest BCUT2D eigenvalue weighted by Crippen LogP contribution is -2.03. The molecule has 0 radical (unpaired) electrons. The molecule has 0 atom stereocenters. The molecule has 0 N–H and O–H groups in total. The van der Waals surface area contributed by atoms with Gasteiger partial charge in [0.15, 0.2) is 0 Å². The molecule has 2 rings (SSSR count). The van der Waals surface area contributed by atoms with E-state index in [1.807, 2.05) is 17.5 Å². The summed E-state index contributed by atoms with van der Waals surface area (Å²) in [5.41, 5.74) is 2.36. The average molecular weight is 258 g/mol. The predicted octanol–water partition coefficient (Wildman–Crippen LogP) is 2.40. The molecule has 0 saturated carbocycles. The quantitative estimate of drug-likeness (QED) is 0.793. The van der Waals surface area contributed by atoms with Gasteiger partial charge in [-0.3, -0.25) is 4.79 Å². The van der Waals surface area contributed by atoms with Gasteiger partial charge in [-0.05, 0) is 12.1 Å². The standard InChI is InChI=1S/C13H10N2O2S/c1-17-13(16)6-12-15-11(8-18-12)10-4-2-9(7-14)3-5-10/h2-5,8H,6H2,1H3. The van der Waals surface area contributed by atoms with Crippen molar-refractivity contribution in [3.8, 4) is 17.3 Å². The van der Waals surface area contributed by atoms with Crippen LogP contribution in [0.5, 0.6) is 0 Å². The number of methoxy groups -OCH3 is 1. The average Bonchev–Trinajstić information content (AvgIpc) is 2.87. The molecule has 0 amide bonds. The Kier molecular flexibility index (Phi) is 3.70. The third-order valence-electron chi connectivity index (χ3n) is 2.38. The van der Waals surface area contributed by atoms with Gasteiger partial charge in [0.05, 0.1) is 30.9 Å². The molecule has 2 aromatic rings. The Morgan fingerprint density at radius 1 is 1.44 bits per heavy atom. The monoisotopic (exact) mass is 258 g/mol. The minimum absolute atomic E-state index is 0.192.